The van der Waals surface area contributed by atoms with Gasteiger partial charge in [0, 0.05) is 5.56 Å². The quantitative estimate of drug-likeness (QED) is 0.630. The van der Waals surface area contributed by atoms with Crippen molar-refractivity contribution in [1.82, 2.24) is 0 Å². The zero-order valence-corrected chi connectivity index (χ0v) is 14.1. The summed E-state index contributed by atoms with van der Waals surface area (Å²) in [5.74, 6) is 1.83. The van der Waals surface area contributed by atoms with Gasteiger partial charge in [-0.2, -0.15) is 0 Å². The van der Waals surface area contributed by atoms with Gasteiger partial charge < -0.3 is 14.2 Å². The minimum Gasteiger partial charge on any atom is -0.493 e. The average Bonchev–Trinajstić information content (AvgIpc) is 2.58. The van der Waals surface area contributed by atoms with Gasteiger partial charge in [-0.15, -0.1) is 0 Å². The Morgan fingerprint density at radius 1 is 1.12 bits per heavy atom. The number of benzene rings is 2. The second-order valence-electron chi connectivity index (χ2n) is 5.76. The predicted molar refractivity (Wildman–Crippen MR) is 93.3 cm³/mol. The molecule has 0 spiro atoms. The van der Waals surface area contributed by atoms with Crippen LogP contribution in [0.15, 0.2) is 36.4 Å². The fourth-order valence-corrected chi connectivity index (χ4v) is 2.74. The molecule has 4 heteroatoms. The summed E-state index contributed by atoms with van der Waals surface area (Å²) < 4.78 is 16.5. The number of allylic oxidation sites excluding steroid dienone is 1. The summed E-state index contributed by atoms with van der Waals surface area (Å²) in [6.45, 7) is 4.97. The van der Waals surface area contributed by atoms with E-state index in [1.165, 1.54) is 0 Å². The van der Waals surface area contributed by atoms with Crippen molar-refractivity contribution in [2.75, 3.05) is 20.3 Å². The van der Waals surface area contributed by atoms with Crippen LogP contribution in [0.5, 0.6) is 17.2 Å². The Kier molecular flexibility index (Phi) is 4.56. The van der Waals surface area contributed by atoms with Crippen molar-refractivity contribution in [1.29, 1.82) is 0 Å². The third-order valence-electron chi connectivity index (χ3n) is 3.92. The molecule has 2 aromatic carbocycles. The van der Waals surface area contributed by atoms with Crippen LogP contribution in [0.3, 0.4) is 0 Å². The van der Waals surface area contributed by atoms with E-state index in [0.717, 1.165) is 16.7 Å². The molecule has 3 rings (SSSR count). The molecule has 0 bridgehead atoms. The number of ketones is 1. The first kappa shape index (κ1) is 16.1. The molecular weight excluding hydrogens is 304 g/mol. The Balaban J connectivity index is 1.87. The van der Waals surface area contributed by atoms with Gasteiger partial charge in [0.25, 0.3) is 0 Å². The van der Waals surface area contributed by atoms with Crippen LogP contribution in [0.25, 0.3) is 6.08 Å². The van der Waals surface area contributed by atoms with Gasteiger partial charge in [-0.25, -0.2) is 0 Å². The predicted octanol–water partition coefficient (Wildman–Crippen LogP) is 3.98. The van der Waals surface area contributed by atoms with Crippen LogP contribution < -0.4 is 14.2 Å². The van der Waals surface area contributed by atoms with E-state index >= 15 is 0 Å². The van der Waals surface area contributed by atoms with Gasteiger partial charge in [-0.05, 0) is 43.2 Å². The largest absolute Gasteiger partial charge is 0.493 e. The van der Waals surface area contributed by atoms with E-state index in [2.05, 4.69) is 0 Å². The highest BCUT2D eigenvalue weighted by atomic mass is 16.6. The van der Waals surface area contributed by atoms with Gasteiger partial charge in [0.15, 0.2) is 17.3 Å². The van der Waals surface area contributed by atoms with Gasteiger partial charge in [-0.3, -0.25) is 4.79 Å². The first-order valence-corrected chi connectivity index (χ1v) is 7.86. The van der Waals surface area contributed by atoms with Crippen LogP contribution in [0.4, 0.5) is 0 Å². The Bertz CT molecular complexity index is 788. The Hall–Kier alpha value is -2.75. The number of rotatable bonds is 4. The molecule has 0 radical (unpaired) electrons. The molecule has 0 aliphatic carbocycles. The highest BCUT2D eigenvalue weighted by Crippen LogP contribution is 2.40. The molecule has 1 heterocycles. The van der Waals surface area contributed by atoms with Crippen molar-refractivity contribution in [3.8, 4) is 17.2 Å². The van der Waals surface area contributed by atoms with Crippen LogP contribution in [0.1, 0.15) is 27.0 Å². The van der Waals surface area contributed by atoms with E-state index in [4.69, 9.17) is 14.2 Å². The normalized spacial score (nSPS) is 13.1. The Morgan fingerprint density at radius 3 is 2.67 bits per heavy atom. The first-order chi connectivity index (χ1) is 11.6. The highest BCUT2D eigenvalue weighted by Gasteiger charge is 2.17. The lowest BCUT2D eigenvalue weighted by Gasteiger charge is -2.20. The number of fused-ring (bicyclic) bond motifs is 1. The molecule has 124 valence electrons. The topological polar surface area (TPSA) is 44.8 Å². The molecule has 0 atom stereocenters. The lowest BCUT2D eigenvalue weighted by molar-refractivity contribution is 0.104. The van der Waals surface area contributed by atoms with E-state index in [0.29, 0.717) is 36.0 Å². The Morgan fingerprint density at radius 2 is 1.92 bits per heavy atom. The molecular formula is C20H20O4. The number of ether oxygens (including phenoxy) is 3. The molecule has 0 saturated heterocycles. The van der Waals surface area contributed by atoms with E-state index in [1.807, 2.05) is 44.2 Å². The molecule has 4 nitrogen and oxygen atoms in total. The second kappa shape index (κ2) is 6.79. The number of methoxy groups -OCH3 is 1. The second-order valence-corrected chi connectivity index (χ2v) is 5.76. The summed E-state index contributed by atoms with van der Waals surface area (Å²) in [5.41, 5.74) is 3.66. The molecule has 0 N–H and O–H groups in total. The fourth-order valence-electron chi connectivity index (χ4n) is 2.74. The molecule has 0 amide bonds. The molecule has 0 unspecified atom stereocenters. The van der Waals surface area contributed by atoms with Crippen molar-refractivity contribution in [3.63, 3.8) is 0 Å². The standard InChI is InChI=1S/C20H20O4/c1-13-4-6-16(14(2)10-13)17(21)7-5-15-11-18(22-3)20-19(12-15)23-8-9-24-20/h4-7,10-12H,8-9H2,1-3H3/b7-5+. The van der Waals surface area contributed by atoms with Gasteiger partial charge in [0.1, 0.15) is 13.2 Å². The van der Waals surface area contributed by atoms with Crippen LogP contribution in [-0.4, -0.2) is 26.1 Å². The number of hydrogen-bond donors (Lipinski definition) is 0. The van der Waals surface area contributed by atoms with Crippen LogP contribution in [-0.2, 0) is 0 Å². The lowest BCUT2D eigenvalue weighted by Crippen LogP contribution is -2.16. The van der Waals surface area contributed by atoms with Crippen molar-refractivity contribution in [2.45, 2.75) is 13.8 Å². The van der Waals surface area contributed by atoms with E-state index in [1.54, 1.807) is 19.3 Å². The number of carbonyl (C=O) groups is 1. The maximum absolute atomic E-state index is 12.4. The zero-order valence-electron chi connectivity index (χ0n) is 14.1. The van der Waals surface area contributed by atoms with Gasteiger partial charge in [0.05, 0.1) is 7.11 Å². The molecule has 24 heavy (non-hydrogen) atoms. The molecule has 1 aliphatic heterocycles. The van der Waals surface area contributed by atoms with Crippen molar-refractivity contribution < 1.29 is 19.0 Å². The van der Waals surface area contributed by atoms with Gasteiger partial charge in [0.2, 0.25) is 5.75 Å². The maximum atomic E-state index is 12.4. The summed E-state index contributed by atoms with van der Waals surface area (Å²) in [6, 6.07) is 9.50. The number of aryl methyl sites for hydroxylation is 2. The smallest absolute Gasteiger partial charge is 0.203 e. The van der Waals surface area contributed by atoms with Crippen molar-refractivity contribution >= 4 is 11.9 Å². The summed E-state index contributed by atoms with van der Waals surface area (Å²) >= 11 is 0. The van der Waals surface area contributed by atoms with Crippen LogP contribution >= 0.6 is 0 Å². The Labute approximate surface area is 141 Å². The molecule has 0 fully saturated rings. The minimum absolute atomic E-state index is 0.0265. The fraction of sp³-hybridized carbons (Fsp3) is 0.250. The highest BCUT2D eigenvalue weighted by molar-refractivity contribution is 6.07. The van der Waals surface area contributed by atoms with Crippen molar-refractivity contribution in [2.24, 2.45) is 0 Å². The number of carbonyl (C=O) groups excluding carboxylic acids is 1. The zero-order chi connectivity index (χ0) is 17.1. The maximum Gasteiger partial charge on any atom is 0.203 e. The van der Waals surface area contributed by atoms with E-state index in [-0.39, 0.29) is 5.78 Å². The summed E-state index contributed by atoms with van der Waals surface area (Å²) in [4.78, 5) is 12.4. The third kappa shape index (κ3) is 3.27. The monoisotopic (exact) mass is 324 g/mol. The minimum atomic E-state index is -0.0265. The lowest BCUT2D eigenvalue weighted by atomic mass is 10.0. The summed E-state index contributed by atoms with van der Waals surface area (Å²) in [5, 5.41) is 0. The van der Waals surface area contributed by atoms with Gasteiger partial charge >= 0.3 is 0 Å². The third-order valence-corrected chi connectivity index (χ3v) is 3.92. The molecule has 0 saturated carbocycles. The number of hydrogen-bond acceptors (Lipinski definition) is 4. The summed E-state index contributed by atoms with van der Waals surface area (Å²) in [6.07, 6.45) is 3.34. The first-order valence-electron chi connectivity index (χ1n) is 7.86. The van der Waals surface area contributed by atoms with E-state index in [9.17, 15) is 4.79 Å². The van der Waals surface area contributed by atoms with Gasteiger partial charge in [-0.1, -0.05) is 29.8 Å². The van der Waals surface area contributed by atoms with Crippen LogP contribution in [0, 0.1) is 13.8 Å². The summed E-state index contributed by atoms with van der Waals surface area (Å²) in [7, 11) is 1.59. The van der Waals surface area contributed by atoms with E-state index < -0.39 is 0 Å². The van der Waals surface area contributed by atoms with Crippen LogP contribution in [0.2, 0.25) is 0 Å². The SMILES string of the molecule is COc1cc(/C=C/C(=O)c2ccc(C)cc2C)cc2c1OCCO2. The molecule has 2 aromatic rings. The van der Waals surface area contributed by atoms with Crippen molar-refractivity contribution in [3.05, 3.63) is 58.7 Å². The molecule has 0 aromatic heterocycles. The molecule has 1 aliphatic rings. The average molecular weight is 324 g/mol.